The molecule has 1 aromatic rings. The molecule has 0 atom stereocenters. The Balaban J connectivity index is 2.09. The third-order valence-corrected chi connectivity index (χ3v) is 3.56. The molecule has 5 heteroatoms. The first-order valence-corrected chi connectivity index (χ1v) is 6.25. The average molecular weight is 266 g/mol. The van der Waals surface area contributed by atoms with E-state index >= 15 is 0 Å². The summed E-state index contributed by atoms with van der Waals surface area (Å²) in [5.74, 6) is -1.46. The number of hydrogen-bond donors (Lipinski definition) is 1. The first kappa shape index (κ1) is 13.8. The highest BCUT2D eigenvalue weighted by molar-refractivity contribution is 5.50. The van der Waals surface area contributed by atoms with E-state index in [2.05, 4.69) is 12.2 Å². The van der Waals surface area contributed by atoms with E-state index in [9.17, 15) is 8.78 Å². The van der Waals surface area contributed by atoms with Gasteiger partial charge in [-0.2, -0.15) is 5.26 Å². The number of ether oxygens (including phenoxy) is 1. The second kappa shape index (κ2) is 5.54. The van der Waals surface area contributed by atoms with Gasteiger partial charge in [0.15, 0.2) is 11.6 Å². The lowest BCUT2D eigenvalue weighted by molar-refractivity contribution is 0.0299. The van der Waals surface area contributed by atoms with Crippen LogP contribution in [0.25, 0.3) is 0 Å². The first-order chi connectivity index (χ1) is 9.04. The number of rotatable bonds is 3. The van der Waals surface area contributed by atoms with Gasteiger partial charge in [0.05, 0.1) is 11.6 Å². The zero-order valence-electron chi connectivity index (χ0n) is 10.8. The van der Waals surface area contributed by atoms with Gasteiger partial charge in [0.2, 0.25) is 0 Å². The molecule has 0 unspecified atom stereocenters. The predicted octanol–water partition coefficient (Wildman–Crippen LogP) is 3.07. The highest BCUT2D eigenvalue weighted by atomic mass is 19.1. The number of benzene rings is 1. The number of nitrogens with one attached hydrogen (secondary N) is 1. The van der Waals surface area contributed by atoms with E-state index < -0.39 is 11.6 Å². The Labute approximate surface area is 111 Å². The molecule has 1 fully saturated rings. The SMILES string of the molecule is CC1(CNc2c(F)cc(C#N)cc2F)CCOCC1. The standard InChI is InChI=1S/C14H16F2N2O/c1-14(2-4-19-5-3-14)9-18-13-11(15)6-10(8-17)7-12(13)16/h6-7,18H,2-5,9H2,1H3. The minimum Gasteiger partial charge on any atom is -0.381 e. The Kier molecular flexibility index (Phi) is 4.01. The summed E-state index contributed by atoms with van der Waals surface area (Å²) < 4.78 is 32.7. The maximum atomic E-state index is 13.7. The van der Waals surface area contributed by atoms with Crippen molar-refractivity contribution in [3.63, 3.8) is 0 Å². The molecule has 0 aliphatic carbocycles. The van der Waals surface area contributed by atoms with Crippen molar-refractivity contribution in [2.45, 2.75) is 19.8 Å². The van der Waals surface area contributed by atoms with Crippen LogP contribution in [0.1, 0.15) is 25.3 Å². The zero-order valence-corrected chi connectivity index (χ0v) is 10.8. The smallest absolute Gasteiger partial charge is 0.150 e. The Morgan fingerprint density at radius 3 is 2.42 bits per heavy atom. The van der Waals surface area contributed by atoms with Gasteiger partial charge in [0.1, 0.15) is 5.69 Å². The van der Waals surface area contributed by atoms with Gasteiger partial charge in [0.25, 0.3) is 0 Å². The van der Waals surface area contributed by atoms with Crippen LogP contribution in [-0.2, 0) is 4.74 Å². The van der Waals surface area contributed by atoms with Crippen molar-refractivity contribution in [3.05, 3.63) is 29.3 Å². The minimum absolute atomic E-state index is 0.0159. The van der Waals surface area contributed by atoms with Crippen LogP contribution in [0.15, 0.2) is 12.1 Å². The third-order valence-electron chi connectivity index (χ3n) is 3.56. The van der Waals surface area contributed by atoms with E-state index in [1.165, 1.54) is 0 Å². The average Bonchev–Trinajstić information content (AvgIpc) is 2.38. The van der Waals surface area contributed by atoms with E-state index in [0.717, 1.165) is 25.0 Å². The van der Waals surface area contributed by atoms with Crippen LogP contribution in [0.3, 0.4) is 0 Å². The summed E-state index contributed by atoms with van der Waals surface area (Å²) >= 11 is 0. The van der Waals surface area contributed by atoms with Crippen LogP contribution < -0.4 is 5.32 Å². The Bertz CT molecular complexity index is 482. The van der Waals surface area contributed by atoms with Crippen LogP contribution in [0, 0.1) is 28.4 Å². The molecule has 1 N–H and O–H groups in total. The molecule has 0 bridgehead atoms. The summed E-state index contributed by atoms with van der Waals surface area (Å²) in [7, 11) is 0. The molecule has 3 nitrogen and oxygen atoms in total. The fourth-order valence-electron chi connectivity index (χ4n) is 2.15. The van der Waals surface area contributed by atoms with Gasteiger partial charge in [-0.1, -0.05) is 6.92 Å². The predicted molar refractivity (Wildman–Crippen MR) is 67.7 cm³/mol. The van der Waals surface area contributed by atoms with Gasteiger partial charge in [-0.15, -0.1) is 0 Å². The van der Waals surface area contributed by atoms with Crippen LogP contribution in [0.4, 0.5) is 14.5 Å². The molecule has 0 spiro atoms. The second-order valence-corrected chi connectivity index (χ2v) is 5.20. The molecule has 1 aliphatic rings. The summed E-state index contributed by atoms with van der Waals surface area (Å²) in [4.78, 5) is 0. The highest BCUT2D eigenvalue weighted by Crippen LogP contribution is 2.31. The number of anilines is 1. The van der Waals surface area contributed by atoms with E-state index in [1.807, 2.05) is 0 Å². The van der Waals surface area contributed by atoms with Crippen molar-refractivity contribution in [3.8, 4) is 6.07 Å². The second-order valence-electron chi connectivity index (χ2n) is 5.20. The normalized spacial score (nSPS) is 17.8. The molecule has 0 radical (unpaired) electrons. The van der Waals surface area contributed by atoms with Crippen molar-refractivity contribution in [2.24, 2.45) is 5.41 Å². The molecule has 1 heterocycles. The van der Waals surface area contributed by atoms with Gasteiger partial charge in [0, 0.05) is 19.8 Å². The molecular formula is C14H16F2N2O. The summed E-state index contributed by atoms with van der Waals surface area (Å²) in [5.41, 5.74) is -0.199. The van der Waals surface area contributed by atoms with Crippen molar-refractivity contribution in [1.29, 1.82) is 5.26 Å². The van der Waals surface area contributed by atoms with Gasteiger partial charge in [-0.3, -0.25) is 0 Å². The molecule has 0 aromatic heterocycles. The summed E-state index contributed by atoms with van der Waals surface area (Å²) in [6.45, 7) is 3.91. The number of halogens is 2. The van der Waals surface area contributed by atoms with Crippen LogP contribution in [0.2, 0.25) is 0 Å². The summed E-state index contributed by atoms with van der Waals surface area (Å²) in [5, 5.41) is 11.5. The fraction of sp³-hybridized carbons (Fsp3) is 0.500. The number of nitrogens with zero attached hydrogens (tertiary/aromatic N) is 1. The largest absolute Gasteiger partial charge is 0.381 e. The third kappa shape index (κ3) is 3.21. The molecule has 19 heavy (non-hydrogen) atoms. The zero-order chi connectivity index (χ0) is 13.9. The fourth-order valence-corrected chi connectivity index (χ4v) is 2.15. The Morgan fingerprint density at radius 2 is 1.89 bits per heavy atom. The lowest BCUT2D eigenvalue weighted by Gasteiger charge is -2.34. The summed E-state index contributed by atoms with van der Waals surface area (Å²) in [6, 6.07) is 3.80. The maximum Gasteiger partial charge on any atom is 0.150 e. The lowest BCUT2D eigenvalue weighted by Crippen LogP contribution is -2.33. The van der Waals surface area contributed by atoms with E-state index in [1.54, 1.807) is 6.07 Å². The Hall–Kier alpha value is -1.67. The molecule has 1 saturated heterocycles. The van der Waals surface area contributed by atoms with Gasteiger partial charge >= 0.3 is 0 Å². The van der Waals surface area contributed by atoms with Crippen molar-refractivity contribution < 1.29 is 13.5 Å². The van der Waals surface area contributed by atoms with E-state index in [-0.39, 0.29) is 16.7 Å². The molecule has 0 saturated carbocycles. The highest BCUT2D eigenvalue weighted by Gasteiger charge is 2.27. The van der Waals surface area contributed by atoms with Crippen molar-refractivity contribution >= 4 is 5.69 Å². The molecule has 102 valence electrons. The first-order valence-electron chi connectivity index (χ1n) is 6.25. The van der Waals surface area contributed by atoms with Gasteiger partial charge in [-0.05, 0) is 30.4 Å². The van der Waals surface area contributed by atoms with Gasteiger partial charge < -0.3 is 10.1 Å². The van der Waals surface area contributed by atoms with Crippen molar-refractivity contribution in [2.75, 3.05) is 25.1 Å². The molecule has 1 aromatic carbocycles. The molecule has 1 aliphatic heterocycles. The topological polar surface area (TPSA) is 45.0 Å². The maximum absolute atomic E-state index is 13.7. The van der Waals surface area contributed by atoms with E-state index in [0.29, 0.717) is 19.8 Å². The molecule has 0 amide bonds. The van der Waals surface area contributed by atoms with Crippen LogP contribution >= 0.6 is 0 Å². The lowest BCUT2D eigenvalue weighted by atomic mass is 9.82. The summed E-state index contributed by atoms with van der Waals surface area (Å²) in [6.07, 6.45) is 1.72. The van der Waals surface area contributed by atoms with Crippen LogP contribution in [0.5, 0.6) is 0 Å². The van der Waals surface area contributed by atoms with Crippen molar-refractivity contribution in [1.82, 2.24) is 0 Å². The Morgan fingerprint density at radius 1 is 1.32 bits per heavy atom. The monoisotopic (exact) mass is 266 g/mol. The quantitative estimate of drug-likeness (QED) is 0.914. The number of hydrogen-bond acceptors (Lipinski definition) is 3. The molecule has 2 rings (SSSR count). The van der Waals surface area contributed by atoms with Crippen LogP contribution in [-0.4, -0.2) is 19.8 Å². The minimum atomic E-state index is -0.729. The molecular weight excluding hydrogens is 250 g/mol. The van der Waals surface area contributed by atoms with E-state index in [4.69, 9.17) is 10.00 Å². The number of nitriles is 1. The van der Waals surface area contributed by atoms with Gasteiger partial charge in [-0.25, -0.2) is 8.78 Å².